The molecule has 0 aromatic heterocycles. The monoisotopic (exact) mass is 1000 g/mol. The fourth-order valence-electron chi connectivity index (χ4n) is 8.03. The smallest absolute Gasteiger partial charge is 0.343 e. The van der Waals surface area contributed by atoms with E-state index in [4.69, 9.17) is 28.4 Å². The summed E-state index contributed by atoms with van der Waals surface area (Å²) < 4.78 is 34.8. The lowest BCUT2D eigenvalue weighted by Crippen LogP contribution is -2.08. The molecule has 0 unspecified atom stereocenters. The average Bonchev–Trinajstić information content (AvgIpc) is 3.43. The van der Waals surface area contributed by atoms with E-state index in [1.807, 2.05) is 97.1 Å². The summed E-state index contributed by atoms with van der Waals surface area (Å²) in [5.74, 6) is 2.99. The van der Waals surface area contributed by atoms with Gasteiger partial charge in [-0.15, -0.1) is 0 Å². The Morgan fingerprint density at radius 1 is 0.324 bits per heavy atom. The topological polar surface area (TPSA) is 114 Å². The summed E-state index contributed by atoms with van der Waals surface area (Å²) in [6, 6.07) is 43.7. The van der Waals surface area contributed by atoms with Crippen LogP contribution in [0.4, 0.5) is 11.4 Å². The number of esters is 2. The van der Waals surface area contributed by atoms with E-state index in [2.05, 4.69) is 23.8 Å². The predicted molar refractivity (Wildman–Crippen MR) is 300 cm³/mol. The van der Waals surface area contributed by atoms with E-state index in [0.717, 1.165) is 46.8 Å². The lowest BCUT2D eigenvalue weighted by Gasteiger charge is -2.09. The molecule has 0 amide bonds. The number of hydrogen-bond acceptors (Lipinski definition) is 10. The summed E-state index contributed by atoms with van der Waals surface area (Å²) >= 11 is 0. The number of rotatable bonds is 35. The van der Waals surface area contributed by atoms with Crippen molar-refractivity contribution in [2.75, 3.05) is 26.4 Å². The van der Waals surface area contributed by atoms with Crippen LogP contribution in [0.25, 0.3) is 0 Å². The minimum Gasteiger partial charge on any atom is -0.494 e. The molecular formula is C64H76N2O8. The molecule has 0 spiro atoms. The highest BCUT2D eigenvalue weighted by Gasteiger charge is 2.11. The zero-order valence-electron chi connectivity index (χ0n) is 43.7. The highest BCUT2D eigenvalue weighted by molar-refractivity contribution is 5.92. The summed E-state index contributed by atoms with van der Waals surface area (Å²) in [6.45, 7) is 6.59. The van der Waals surface area contributed by atoms with Crippen LogP contribution in [0.2, 0.25) is 0 Å². The van der Waals surface area contributed by atoms with Crippen LogP contribution >= 0.6 is 0 Å². The number of benzene rings is 6. The zero-order valence-corrected chi connectivity index (χ0v) is 43.7. The summed E-state index contributed by atoms with van der Waals surface area (Å²) in [5.41, 5.74) is 4.20. The predicted octanol–water partition coefficient (Wildman–Crippen LogP) is 16.9. The molecule has 0 atom stereocenters. The van der Waals surface area contributed by atoms with Crippen LogP contribution in [-0.2, 0) is 0 Å². The van der Waals surface area contributed by atoms with Crippen molar-refractivity contribution in [2.45, 2.75) is 129 Å². The third-order valence-electron chi connectivity index (χ3n) is 12.4. The van der Waals surface area contributed by atoms with Crippen molar-refractivity contribution in [3.05, 3.63) is 168 Å². The molecule has 0 aliphatic heterocycles. The van der Waals surface area contributed by atoms with Gasteiger partial charge in [-0.25, -0.2) is 9.59 Å². The molecule has 390 valence electrons. The zero-order chi connectivity index (χ0) is 51.7. The van der Waals surface area contributed by atoms with E-state index in [-0.39, 0.29) is 0 Å². The molecule has 6 aromatic rings. The molecule has 0 saturated heterocycles. The number of ether oxygens (including phenoxy) is 6. The highest BCUT2D eigenvalue weighted by atomic mass is 16.5. The van der Waals surface area contributed by atoms with Crippen molar-refractivity contribution in [3.8, 4) is 34.5 Å². The first-order valence-corrected chi connectivity index (χ1v) is 27.1. The van der Waals surface area contributed by atoms with Gasteiger partial charge in [0.1, 0.15) is 47.7 Å². The number of unbranched alkanes of at least 4 members (excludes halogenated alkanes) is 16. The lowest BCUT2D eigenvalue weighted by molar-refractivity contribution is 0.0725. The van der Waals surface area contributed by atoms with Crippen LogP contribution in [0.3, 0.4) is 0 Å². The third-order valence-corrected chi connectivity index (χ3v) is 12.4. The van der Waals surface area contributed by atoms with Gasteiger partial charge in [-0.1, -0.05) is 117 Å². The Kier molecular flexibility index (Phi) is 25.4. The SMILES string of the molecule is CCCCCCCCCCCOc1ccc(C(=O)Oc2ccc(C=Nc3ccc(OCCOc4ccc(N=Cc5ccc(OC(=O)c6ccc(OCCCCCCCCCCC)cc6)cc5)cc4)cc3)cc2)cc1. The van der Waals surface area contributed by atoms with E-state index in [1.54, 1.807) is 61.0 Å². The van der Waals surface area contributed by atoms with Crippen molar-refractivity contribution in [3.63, 3.8) is 0 Å². The fraction of sp³-hybridized carbons (Fsp3) is 0.375. The van der Waals surface area contributed by atoms with E-state index in [0.29, 0.717) is 60.6 Å². The summed E-state index contributed by atoms with van der Waals surface area (Å²) in [4.78, 5) is 34.7. The van der Waals surface area contributed by atoms with Gasteiger partial charge in [0.05, 0.1) is 35.7 Å². The highest BCUT2D eigenvalue weighted by Crippen LogP contribution is 2.23. The van der Waals surface area contributed by atoms with Gasteiger partial charge in [0.25, 0.3) is 0 Å². The van der Waals surface area contributed by atoms with Crippen molar-refractivity contribution < 1.29 is 38.0 Å². The van der Waals surface area contributed by atoms with Gasteiger partial charge < -0.3 is 28.4 Å². The first-order valence-electron chi connectivity index (χ1n) is 27.1. The summed E-state index contributed by atoms with van der Waals surface area (Å²) in [5, 5.41) is 0. The number of nitrogens with zero attached hydrogens (tertiary/aromatic N) is 2. The average molecular weight is 1000 g/mol. The van der Waals surface area contributed by atoms with Gasteiger partial charge in [-0.3, -0.25) is 9.98 Å². The second-order valence-corrected chi connectivity index (χ2v) is 18.5. The first-order chi connectivity index (χ1) is 36.4. The van der Waals surface area contributed by atoms with Crippen molar-refractivity contribution >= 4 is 35.7 Å². The van der Waals surface area contributed by atoms with Crippen LogP contribution in [0.15, 0.2) is 156 Å². The largest absolute Gasteiger partial charge is 0.494 e. The van der Waals surface area contributed by atoms with Crippen LogP contribution < -0.4 is 28.4 Å². The second kappa shape index (κ2) is 33.5. The summed E-state index contributed by atoms with van der Waals surface area (Å²) in [6.07, 6.45) is 26.4. The number of hydrogen-bond donors (Lipinski definition) is 0. The standard InChI is InChI=1S/C64H76N2O8/c1-3-5-7-9-11-13-15-17-19-45-69-57-37-25-53(26-38-57)63(67)73-61-33-21-51(22-34-61)49-65-55-29-41-59(42-30-55)71-47-48-72-60-43-31-56(32-44-60)66-50-52-23-35-62(36-24-52)74-64(68)54-27-39-58(40-28-54)70-46-20-18-16-14-12-10-8-6-4-2/h21-44,49-50H,3-20,45-48H2,1-2H3. The lowest BCUT2D eigenvalue weighted by atomic mass is 10.1. The molecule has 0 heterocycles. The number of carbonyl (C=O) groups excluding carboxylic acids is 2. The normalized spacial score (nSPS) is 11.2. The number of carbonyl (C=O) groups is 2. The molecule has 0 bridgehead atoms. The van der Waals surface area contributed by atoms with Crippen LogP contribution in [0.1, 0.15) is 161 Å². The Morgan fingerprint density at radius 2 is 0.595 bits per heavy atom. The summed E-state index contributed by atoms with van der Waals surface area (Å²) in [7, 11) is 0. The number of aliphatic imine (C=N–C) groups is 2. The van der Waals surface area contributed by atoms with E-state index in [9.17, 15) is 9.59 Å². The van der Waals surface area contributed by atoms with Gasteiger partial charge in [-0.05, 0) is 170 Å². The molecule has 10 nitrogen and oxygen atoms in total. The molecule has 74 heavy (non-hydrogen) atoms. The minimum atomic E-state index is -0.423. The van der Waals surface area contributed by atoms with Gasteiger partial charge >= 0.3 is 11.9 Å². The Morgan fingerprint density at radius 3 is 0.919 bits per heavy atom. The van der Waals surface area contributed by atoms with Crippen LogP contribution in [0, 0.1) is 0 Å². The molecule has 6 rings (SSSR count). The Labute approximate surface area is 440 Å². The van der Waals surface area contributed by atoms with Crippen molar-refractivity contribution in [1.29, 1.82) is 0 Å². The van der Waals surface area contributed by atoms with Gasteiger partial charge in [-0.2, -0.15) is 0 Å². The van der Waals surface area contributed by atoms with E-state index in [1.165, 1.54) is 103 Å². The van der Waals surface area contributed by atoms with Gasteiger partial charge in [0.15, 0.2) is 0 Å². The molecule has 0 aliphatic rings. The Bertz CT molecular complexity index is 2360. The molecule has 0 radical (unpaired) electrons. The molecular weight excluding hydrogens is 925 g/mol. The maximum atomic E-state index is 12.8. The maximum absolute atomic E-state index is 12.8. The van der Waals surface area contributed by atoms with E-state index >= 15 is 0 Å². The van der Waals surface area contributed by atoms with Crippen molar-refractivity contribution in [2.24, 2.45) is 9.98 Å². The van der Waals surface area contributed by atoms with Crippen LogP contribution in [-0.4, -0.2) is 50.8 Å². The van der Waals surface area contributed by atoms with Crippen molar-refractivity contribution in [1.82, 2.24) is 0 Å². The van der Waals surface area contributed by atoms with Gasteiger partial charge in [0, 0.05) is 12.4 Å². The molecule has 6 aromatic carbocycles. The fourth-order valence-corrected chi connectivity index (χ4v) is 8.03. The first kappa shape index (κ1) is 56.1. The molecule has 0 saturated carbocycles. The molecule has 0 fully saturated rings. The van der Waals surface area contributed by atoms with Gasteiger partial charge in [0.2, 0.25) is 0 Å². The maximum Gasteiger partial charge on any atom is 0.343 e. The third kappa shape index (κ3) is 21.9. The minimum absolute atomic E-state index is 0.366. The Hall–Kier alpha value is -7.20. The second-order valence-electron chi connectivity index (χ2n) is 18.5. The molecule has 10 heteroatoms. The quantitative estimate of drug-likeness (QED) is 0.0167. The van der Waals surface area contributed by atoms with Crippen LogP contribution in [0.5, 0.6) is 34.5 Å². The van der Waals surface area contributed by atoms with E-state index < -0.39 is 11.9 Å². The molecule has 0 N–H and O–H groups in total. The Balaban J connectivity index is 0.811. The molecule has 0 aliphatic carbocycles.